The van der Waals surface area contributed by atoms with Crippen molar-refractivity contribution in [2.75, 3.05) is 52.5 Å². The molecule has 5 nitrogen and oxygen atoms in total. The van der Waals surface area contributed by atoms with Crippen molar-refractivity contribution in [3.8, 4) is 0 Å². The summed E-state index contributed by atoms with van der Waals surface area (Å²) in [7, 11) is 0. The normalized spacial score (nSPS) is 21.9. The lowest BCUT2D eigenvalue weighted by molar-refractivity contribution is -0.174. The monoisotopic (exact) mass is 323 g/mol. The molecule has 2 heterocycles. The summed E-state index contributed by atoms with van der Waals surface area (Å²) in [5.74, 6) is 0. The highest BCUT2D eigenvalue weighted by Crippen LogP contribution is 2.21. The van der Waals surface area contributed by atoms with Crippen molar-refractivity contribution in [3.05, 3.63) is 0 Å². The number of carbonyl (C=O) groups is 1. The van der Waals surface area contributed by atoms with Crippen molar-refractivity contribution in [2.45, 2.75) is 32.0 Å². The van der Waals surface area contributed by atoms with Crippen LogP contribution < -0.4 is 0 Å². The van der Waals surface area contributed by atoms with Crippen molar-refractivity contribution in [2.24, 2.45) is 0 Å². The minimum Gasteiger partial charge on any atom is -0.371 e. The molecule has 2 fully saturated rings. The van der Waals surface area contributed by atoms with E-state index in [1.807, 2.05) is 16.7 Å². The molecule has 0 aromatic rings. The summed E-state index contributed by atoms with van der Waals surface area (Å²) < 4.78 is 40.5. The van der Waals surface area contributed by atoms with Crippen molar-refractivity contribution in [1.29, 1.82) is 0 Å². The number of nitrogens with zero attached hydrogens (tertiary/aromatic N) is 3. The number of amides is 2. The number of likely N-dealkylation sites (tertiary alicyclic amines) is 1. The second kappa shape index (κ2) is 7.50. The fraction of sp³-hybridized carbons (Fsp3) is 0.929. The fourth-order valence-corrected chi connectivity index (χ4v) is 3.07. The van der Waals surface area contributed by atoms with Gasteiger partial charge in [-0.25, -0.2) is 4.79 Å². The Morgan fingerprint density at radius 3 is 2.41 bits per heavy atom. The summed E-state index contributed by atoms with van der Waals surface area (Å²) in [6.45, 7) is 5.32. The predicted octanol–water partition coefficient (Wildman–Crippen LogP) is 1.79. The van der Waals surface area contributed by atoms with E-state index in [-0.39, 0.29) is 18.7 Å². The lowest BCUT2D eigenvalue weighted by Gasteiger charge is -2.36. The molecule has 0 atom stereocenters. The van der Waals surface area contributed by atoms with Crippen LogP contribution in [0.5, 0.6) is 0 Å². The number of hydrogen-bond acceptors (Lipinski definition) is 3. The van der Waals surface area contributed by atoms with Crippen LogP contribution in [0.2, 0.25) is 0 Å². The molecule has 0 bridgehead atoms. The molecule has 0 spiro atoms. The maximum atomic E-state index is 12.1. The predicted molar refractivity (Wildman–Crippen MR) is 75.7 cm³/mol. The van der Waals surface area contributed by atoms with Gasteiger partial charge in [0.25, 0.3) is 0 Å². The van der Waals surface area contributed by atoms with Crippen LogP contribution in [0.25, 0.3) is 0 Å². The number of hydrogen-bond donors (Lipinski definition) is 0. The van der Waals surface area contributed by atoms with Crippen LogP contribution in [0.1, 0.15) is 19.8 Å². The zero-order valence-electron chi connectivity index (χ0n) is 12.9. The summed E-state index contributed by atoms with van der Waals surface area (Å²) >= 11 is 0. The maximum absolute atomic E-state index is 12.1. The van der Waals surface area contributed by atoms with Gasteiger partial charge in [-0.2, -0.15) is 13.2 Å². The summed E-state index contributed by atoms with van der Waals surface area (Å²) in [6, 6.07) is 0.380. The molecule has 8 heteroatoms. The van der Waals surface area contributed by atoms with Gasteiger partial charge in [-0.1, -0.05) is 0 Å². The zero-order valence-corrected chi connectivity index (χ0v) is 12.9. The summed E-state index contributed by atoms with van der Waals surface area (Å²) in [4.78, 5) is 18.0. The average molecular weight is 323 g/mol. The van der Waals surface area contributed by atoms with Gasteiger partial charge in [-0.15, -0.1) is 0 Å². The molecule has 0 aromatic carbocycles. The minimum absolute atomic E-state index is 0.0937. The maximum Gasteiger partial charge on any atom is 0.411 e. The van der Waals surface area contributed by atoms with Gasteiger partial charge < -0.3 is 19.4 Å². The van der Waals surface area contributed by atoms with Gasteiger partial charge in [0.15, 0.2) is 0 Å². The molecule has 128 valence electrons. The van der Waals surface area contributed by atoms with Crippen molar-refractivity contribution in [3.63, 3.8) is 0 Å². The molecular formula is C14H24F3N3O2. The number of urea groups is 1. The first-order valence-corrected chi connectivity index (χ1v) is 7.83. The van der Waals surface area contributed by atoms with Gasteiger partial charge in [-0.05, 0) is 19.8 Å². The van der Waals surface area contributed by atoms with E-state index in [9.17, 15) is 18.0 Å². The Balaban J connectivity index is 1.65. The summed E-state index contributed by atoms with van der Waals surface area (Å²) in [5, 5.41) is 0. The van der Waals surface area contributed by atoms with Crippen molar-refractivity contribution >= 4 is 6.03 Å². The third kappa shape index (κ3) is 4.74. The van der Waals surface area contributed by atoms with Gasteiger partial charge in [0.05, 0.1) is 6.61 Å². The van der Waals surface area contributed by atoms with E-state index in [1.54, 1.807) is 0 Å². The molecule has 0 unspecified atom stereocenters. The SMILES string of the molecule is CCN1CCN(C2CCN(CCOCC(F)(F)F)CC2)C1=O. The second-order valence-corrected chi connectivity index (χ2v) is 5.80. The zero-order chi connectivity index (χ0) is 16.2. The standard InChI is InChI=1S/C14H24F3N3O2/c1-2-19-7-8-20(13(19)21)12-3-5-18(6-4-12)9-10-22-11-14(15,16)17/h12H,2-11H2,1H3. The van der Waals surface area contributed by atoms with Crippen LogP contribution in [0.15, 0.2) is 0 Å². The molecule has 2 aliphatic rings. The number of piperidine rings is 1. The Hall–Kier alpha value is -1.02. The number of alkyl halides is 3. The van der Waals surface area contributed by atoms with E-state index in [2.05, 4.69) is 9.64 Å². The first-order chi connectivity index (χ1) is 10.4. The van der Waals surface area contributed by atoms with Crippen molar-refractivity contribution in [1.82, 2.24) is 14.7 Å². The Bertz CT molecular complexity index is 371. The Labute approximate surface area is 129 Å². The highest BCUT2D eigenvalue weighted by Gasteiger charge is 2.34. The minimum atomic E-state index is -4.26. The first-order valence-electron chi connectivity index (χ1n) is 7.83. The number of halogens is 3. The Kier molecular flexibility index (Phi) is 5.91. The van der Waals surface area contributed by atoms with Gasteiger partial charge >= 0.3 is 12.2 Å². The number of carbonyl (C=O) groups excluding carboxylic acids is 1. The number of likely N-dealkylation sites (N-methyl/N-ethyl adjacent to an activating group) is 1. The van der Waals surface area contributed by atoms with E-state index in [1.165, 1.54) is 0 Å². The third-order valence-electron chi connectivity index (χ3n) is 4.32. The van der Waals surface area contributed by atoms with Gasteiger partial charge in [-0.3, -0.25) is 0 Å². The van der Waals surface area contributed by atoms with E-state index in [0.717, 1.165) is 45.6 Å². The number of rotatable bonds is 6. The quantitative estimate of drug-likeness (QED) is 0.699. The molecular weight excluding hydrogens is 299 g/mol. The number of ether oxygens (including phenoxy) is 1. The molecule has 2 saturated heterocycles. The van der Waals surface area contributed by atoms with Crippen LogP contribution in [0, 0.1) is 0 Å². The Morgan fingerprint density at radius 2 is 1.86 bits per heavy atom. The molecule has 0 radical (unpaired) electrons. The van der Waals surface area contributed by atoms with Crippen LogP contribution >= 0.6 is 0 Å². The molecule has 0 saturated carbocycles. The molecule has 0 N–H and O–H groups in total. The molecule has 2 rings (SSSR count). The molecule has 0 aromatic heterocycles. The lowest BCUT2D eigenvalue weighted by Crippen LogP contribution is -2.47. The highest BCUT2D eigenvalue weighted by atomic mass is 19.4. The largest absolute Gasteiger partial charge is 0.411 e. The fourth-order valence-electron chi connectivity index (χ4n) is 3.07. The van der Waals surface area contributed by atoms with Crippen LogP contribution in [-0.4, -0.2) is 85.4 Å². The lowest BCUT2D eigenvalue weighted by atomic mass is 10.0. The topological polar surface area (TPSA) is 36.0 Å². The van der Waals surface area contributed by atoms with E-state index < -0.39 is 12.8 Å². The van der Waals surface area contributed by atoms with Gasteiger partial charge in [0.2, 0.25) is 0 Å². The first kappa shape index (κ1) is 17.3. The van der Waals surface area contributed by atoms with Crippen LogP contribution in [0.3, 0.4) is 0 Å². The third-order valence-corrected chi connectivity index (χ3v) is 4.32. The molecule has 22 heavy (non-hydrogen) atoms. The van der Waals surface area contributed by atoms with E-state index in [4.69, 9.17) is 0 Å². The van der Waals surface area contributed by atoms with Gasteiger partial charge in [0.1, 0.15) is 6.61 Å². The second-order valence-electron chi connectivity index (χ2n) is 5.80. The summed E-state index contributed by atoms with van der Waals surface area (Å²) in [5.41, 5.74) is 0. The van der Waals surface area contributed by atoms with Crippen LogP contribution in [-0.2, 0) is 4.74 Å². The molecule has 0 aliphatic carbocycles. The highest BCUT2D eigenvalue weighted by molar-refractivity contribution is 5.76. The average Bonchev–Trinajstić information content (AvgIpc) is 2.84. The van der Waals surface area contributed by atoms with Gasteiger partial charge in [0, 0.05) is 45.3 Å². The van der Waals surface area contributed by atoms with E-state index >= 15 is 0 Å². The molecule has 2 amide bonds. The van der Waals surface area contributed by atoms with E-state index in [0.29, 0.717) is 6.54 Å². The van der Waals surface area contributed by atoms with Crippen molar-refractivity contribution < 1.29 is 22.7 Å². The van der Waals surface area contributed by atoms with Crippen LogP contribution in [0.4, 0.5) is 18.0 Å². The Morgan fingerprint density at radius 1 is 1.18 bits per heavy atom. The smallest absolute Gasteiger partial charge is 0.371 e. The molecule has 2 aliphatic heterocycles. The summed E-state index contributed by atoms with van der Waals surface area (Å²) in [6.07, 6.45) is -2.50.